The normalized spacial score (nSPS) is 12.4. The van der Waals surface area contributed by atoms with Crippen molar-refractivity contribution in [3.63, 3.8) is 0 Å². The zero-order valence-corrected chi connectivity index (χ0v) is 15.6. The summed E-state index contributed by atoms with van der Waals surface area (Å²) in [5, 5.41) is 8.15. The lowest BCUT2D eigenvalue weighted by atomic mass is 10.0. The van der Waals surface area contributed by atoms with Crippen LogP contribution in [0, 0.1) is 27.7 Å². The second-order valence-corrected chi connectivity index (χ2v) is 6.72. The molecule has 1 atom stereocenters. The first-order valence-corrected chi connectivity index (χ1v) is 8.46. The highest BCUT2D eigenvalue weighted by atomic mass is 16.2. The Morgan fingerprint density at radius 3 is 2.56 bits per heavy atom. The molecule has 0 unspecified atom stereocenters. The van der Waals surface area contributed by atoms with Crippen molar-refractivity contribution < 1.29 is 4.79 Å². The number of H-pyrrole nitrogens is 1. The van der Waals surface area contributed by atoms with Gasteiger partial charge >= 0.3 is 0 Å². The van der Waals surface area contributed by atoms with Crippen molar-refractivity contribution in [2.75, 3.05) is 7.05 Å². The number of amides is 1. The van der Waals surface area contributed by atoms with E-state index in [1.165, 1.54) is 0 Å². The van der Waals surface area contributed by atoms with Gasteiger partial charge in [-0.3, -0.25) is 14.9 Å². The molecular formula is C20H24N4O. The molecule has 3 rings (SSSR count). The van der Waals surface area contributed by atoms with Crippen molar-refractivity contribution in [2.45, 2.75) is 40.7 Å². The highest BCUT2D eigenvalue weighted by molar-refractivity contribution is 6.06. The molecule has 0 aliphatic carbocycles. The van der Waals surface area contributed by atoms with Crippen molar-refractivity contribution in [2.24, 2.45) is 0 Å². The molecule has 0 spiro atoms. The van der Waals surface area contributed by atoms with E-state index in [2.05, 4.69) is 15.2 Å². The number of nitrogens with zero attached hydrogens (tertiary/aromatic N) is 3. The lowest BCUT2D eigenvalue weighted by Crippen LogP contribution is -2.30. The van der Waals surface area contributed by atoms with Gasteiger partial charge in [-0.05, 0) is 46.2 Å². The first-order chi connectivity index (χ1) is 11.8. The average molecular weight is 336 g/mol. The number of hydrogen-bond acceptors (Lipinski definition) is 3. The summed E-state index contributed by atoms with van der Waals surface area (Å²) in [5.74, 6) is -0.00593. The minimum absolute atomic E-state index is 0.00593. The highest BCUT2D eigenvalue weighted by Gasteiger charge is 2.24. The van der Waals surface area contributed by atoms with Gasteiger partial charge in [0.25, 0.3) is 5.91 Å². The molecule has 5 heteroatoms. The maximum atomic E-state index is 13.2. The van der Waals surface area contributed by atoms with Crippen molar-refractivity contribution in [3.05, 3.63) is 58.0 Å². The molecule has 0 bridgehead atoms. The Morgan fingerprint density at radius 1 is 1.20 bits per heavy atom. The molecule has 2 heterocycles. The van der Waals surface area contributed by atoms with Crippen LogP contribution in [0.15, 0.2) is 24.3 Å². The Labute approximate surface area is 148 Å². The molecule has 0 fully saturated rings. The smallest absolute Gasteiger partial charge is 0.254 e. The van der Waals surface area contributed by atoms with Crippen LogP contribution in [0.3, 0.4) is 0 Å². The lowest BCUT2D eigenvalue weighted by molar-refractivity contribution is 0.0744. The summed E-state index contributed by atoms with van der Waals surface area (Å²) in [4.78, 5) is 19.6. The number of carbonyl (C=O) groups is 1. The van der Waals surface area contributed by atoms with Crippen LogP contribution in [0.25, 0.3) is 10.9 Å². The second-order valence-electron chi connectivity index (χ2n) is 6.72. The second kappa shape index (κ2) is 6.31. The number of fused-ring (bicyclic) bond motifs is 1. The SMILES string of the molecule is Cc1cc(C(=O)N(C)[C@H](C)c2c(C)n[nH]c2C)c2cccc(C)c2n1. The van der Waals surface area contributed by atoms with E-state index in [1.54, 1.807) is 4.90 Å². The summed E-state index contributed by atoms with van der Waals surface area (Å²) in [5.41, 5.74) is 6.51. The summed E-state index contributed by atoms with van der Waals surface area (Å²) >= 11 is 0. The molecule has 0 radical (unpaired) electrons. The van der Waals surface area contributed by atoms with Gasteiger partial charge in [0, 0.05) is 29.4 Å². The minimum atomic E-state index is -0.0698. The van der Waals surface area contributed by atoms with E-state index in [-0.39, 0.29) is 11.9 Å². The van der Waals surface area contributed by atoms with Crippen molar-refractivity contribution >= 4 is 16.8 Å². The number of aryl methyl sites for hydroxylation is 4. The van der Waals surface area contributed by atoms with Gasteiger partial charge < -0.3 is 4.90 Å². The number of nitrogens with one attached hydrogen (secondary N) is 1. The molecule has 2 aromatic heterocycles. The third-order valence-corrected chi connectivity index (χ3v) is 4.90. The fourth-order valence-electron chi connectivity index (χ4n) is 3.43. The molecule has 0 saturated carbocycles. The van der Waals surface area contributed by atoms with Crippen LogP contribution < -0.4 is 0 Å². The molecule has 1 N–H and O–H groups in total. The molecular weight excluding hydrogens is 312 g/mol. The summed E-state index contributed by atoms with van der Waals surface area (Å²) in [6.45, 7) is 9.93. The maximum absolute atomic E-state index is 13.2. The Morgan fingerprint density at radius 2 is 1.92 bits per heavy atom. The Kier molecular flexibility index (Phi) is 4.33. The number of benzene rings is 1. The van der Waals surface area contributed by atoms with Gasteiger partial charge in [-0.2, -0.15) is 5.10 Å². The molecule has 130 valence electrons. The van der Waals surface area contributed by atoms with E-state index in [9.17, 15) is 4.79 Å². The van der Waals surface area contributed by atoms with Crippen LogP contribution >= 0.6 is 0 Å². The fourth-order valence-corrected chi connectivity index (χ4v) is 3.43. The number of aromatic amines is 1. The van der Waals surface area contributed by atoms with Crippen LogP contribution in [0.4, 0.5) is 0 Å². The molecule has 25 heavy (non-hydrogen) atoms. The summed E-state index contributed by atoms with van der Waals surface area (Å²) in [7, 11) is 1.84. The highest BCUT2D eigenvalue weighted by Crippen LogP contribution is 2.28. The fraction of sp³-hybridized carbons (Fsp3) is 0.350. The minimum Gasteiger partial charge on any atom is -0.335 e. The quantitative estimate of drug-likeness (QED) is 0.785. The van der Waals surface area contributed by atoms with Gasteiger partial charge in [0.1, 0.15) is 0 Å². The number of hydrogen-bond donors (Lipinski definition) is 1. The molecule has 3 aromatic rings. The number of para-hydroxylation sites is 1. The first-order valence-electron chi connectivity index (χ1n) is 8.46. The van der Waals surface area contributed by atoms with Crippen LogP contribution in [-0.4, -0.2) is 33.0 Å². The molecule has 0 saturated heterocycles. The Bertz CT molecular complexity index is 938. The molecule has 0 aliphatic heterocycles. The monoisotopic (exact) mass is 336 g/mol. The third kappa shape index (κ3) is 2.90. The largest absolute Gasteiger partial charge is 0.335 e. The van der Waals surface area contributed by atoms with Gasteiger partial charge in [0.15, 0.2) is 0 Å². The molecule has 0 aliphatic rings. The zero-order chi connectivity index (χ0) is 18.3. The van der Waals surface area contributed by atoms with E-state index in [4.69, 9.17) is 0 Å². The molecule has 1 amide bonds. The molecule has 1 aromatic carbocycles. The standard InChI is InChI=1S/C20H24N4O/c1-11-8-7-9-16-17(10-12(2)21-19(11)16)20(25)24(6)15(5)18-13(3)22-23-14(18)4/h7-10,15H,1-6H3,(H,22,23)/t15-/m1/s1. The summed E-state index contributed by atoms with van der Waals surface area (Å²) in [6, 6.07) is 7.77. The maximum Gasteiger partial charge on any atom is 0.254 e. The van der Waals surface area contributed by atoms with Gasteiger partial charge in [-0.15, -0.1) is 0 Å². The van der Waals surface area contributed by atoms with Gasteiger partial charge in [0.2, 0.25) is 0 Å². The van der Waals surface area contributed by atoms with E-state index >= 15 is 0 Å². The van der Waals surface area contributed by atoms with Crippen LogP contribution in [0.1, 0.15) is 51.5 Å². The van der Waals surface area contributed by atoms with Gasteiger partial charge in [-0.1, -0.05) is 18.2 Å². The Hall–Kier alpha value is -2.69. The van der Waals surface area contributed by atoms with E-state index < -0.39 is 0 Å². The number of aromatic nitrogens is 3. The topological polar surface area (TPSA) is 61.9 Å². The van der Waals surface area contributed by atoms with Crippen molar-refractivity contribution in [1.82, 2.24) is 20.1 Å². The van der Waals surface area contributed by atoms with Gasteiger partial charge in [0.05, 0.1) is 22.8 Å². The predicted octanol–water partition coefficient (Wildman–Crippen LogP) is 4.02. The first kappa shape index (κ1) is 17.1. The van der Waals surface area contributed by atoms with E-state index in [1.807, 2.05) is 65.9 Å². The number of pyridine rings is 1. The van der Waals surface area contributed by atoms with Gasteiger partial charge in [-0.25, -0.2) is 0 Å². The van der Waals surface area contributed by atoms with Crippen LogP contribution in [0.2, 0.25) is 0 Å². The van der Waals surface area contributed by atoms with Crippen LogP contribution in [-0.2, 0) is 0 Å². The van der Waals surface area contributed by atoms with Crippen LogP contribution in [0.5, 0.6) is 0 Å². The van der Waals surface area contributed by atoms with Crippen molar-refractivity contribution in [1.29, 1.82) is 0 Å². The third-order valence-electron chi connectivity index (χ3n) is 4.90. The average Bonchev–Trinajstić information content (AvgIpc) is 2.91. The van der Waals surface area contributed by atoms with E-state index in [0.29, 0.717) is 5.56 Å². The number of rotatable bonds is 3. The molecule has 5 nitrogen and oxygen atoms in total. The summed E-state index contributed by atoms with van der Waals surface area (Å²) in [6.07, 6.45) is 0. The van der Waals surface area contributed by atoms with Crippen molar-refractivity contribution in [3.8, 4) is 0 Å². The predicted molar refractivity (Wildman–Crippen MR) is 99.8 cm³/mol. The number of carbonyl (C=O) groups excluding carboxylic acids is 1. The lowest BCUT2D eigenvalue weighted by Gasteiger charge is -2.26. The zero-order valence-electron chi connectivity index (χ0n) is 15.6. The van der Waals surface area contributed by atoms with E-state index in [0.717, 1.165) is 39.1 Å². The summed E-state index contributed by atoms with van der Waals surface area (Å²) < 4.78 is 0. The Balaban J connectivity index is 2.06.